The number of hydrogen-bond acceptors (Lipinski definition) is 2. The van der Waals surface area contributed by atoms with Crippen molar-refractivity contribution in [2.24, 2.45) is 5.92 Å². The van der Waals surface area contributed by atoms with E-state index in [1.165, 1.54) is 19.3 Å². The van der Waals surface area contributed by atoms with Crippen LogP contribution in [0.4, 0.5) is 0 Å². The molecule has 0 unspecified atom stereocenters. The lowest BCUT2D eigenvalue weighted by Gasteiger charge is -2.22. The number of hydrazine groups is 1. The molecule has 2 rings (SSSR count). The van der Waals surface area contributed by atoms with Crippen LogP contribution >= 0.6 is 15.9 Å². The quantitative estimate of drug-likeness (QED) is 0.792. The van der Waals surface area contributed by atoms with E-state index >= 15 is 0 Å². The summed E-state index contributed by atoms with van der Waals surface area (Å²) in [6.07, 6.45) is 8.11. The summed E-state index contributed by atoms with van der Waals surface area (Å²) in [5.41, 5.74) is 7.59. The van der Waals surface area contributed by atoms with Gasteiger partial charge in [-0.25, -0.2) is 0 Å². The number of allylic oxidation sites excluding steroid dienone is 2. The second kappa shape index (κ2) is 7.48. The number of amides is 1. The lowest BCUT2D eigenvalue weighted by molar-refractivity contribution is 0.0937. The Morgan fingerprint density at radius 2 is 2.10 bits per heavy atom. The van der Waals surface area contributed by atoms with Gasteiger partial charge in [-0.1, -0.05) is 41.8 Å². The molecule has 0 spiro atoms. The molecule has 0 saturated heterocycles. The van der Waals surface area contributed by atoms with E-state index < -0.39 is 0 Å². The Hall–Kier alpha value is -1.29. The minimum absolute atomic E-state index is 0.103. The Kier molecular flexibility index (Phi) is 5.65. The van der Waals surface area contributed by atoms with Crippen molar-refractivity contribution in [2.75, 3.05) is 0 Å². The lowest BCUT2D eigenvalue weighted by Crippen LogP contribution is -2.37. The SMILES string of the molecule is CCC[C@H]1CC=C(NNC(=O)c2ccc(Br)cc2)CC1. The molecular formula is C16H21BrN2O. The van der Waals surface area contributed by atoms with Crippen LogP contribution in [0.25, 0.3) is 0 Å². The minimum Gasteiger partial charge on any atom is -0.303 e. The summed E-state index contributed by atoms with van der Waals surface area (Å²) in [4.78, 5) is 11.9. The number of rotatable bonds is 5. The molecule has 108 valence electrons. The maximum Gasteiger partial charge on any atom is 0.269 e. The lowest BCUT2D eigenvalue weighted by atomic mass is 9.89. The Labute approximate surface area is 128 Å². The first-order valence-electron chi connectivity index (χ1n) is 7.20. The summed E-state index contributed by atoms with van der Waals surface area (Å²) in [7, 11) is 0. The number of halogens is 1. The van der Waals surface area contributed by atoms with Gasteiger partial charge in [-0.2, -0.15) is 0 Å². The highest BCUT2D eigenvalue weighted by molar-refractivity contribution is 9.10. The maximum atomic E-state index is 11.9. The van der Waals surface area contributed by atoms with Gasteiger partial charge in [0.25, 0.3) is 5.91 Å². The van der Waals surface area contributed by atoms with Gasteiger partial charge in [0.05, 0.1) is 0 Å². The van der Waals surface area contributed by atoms with E-state index in [1.54, 1.807) is 12.1 Å². The second-order valence-electron chi connectivity index (χ2n) is 5.24. The molecule has 2 N–H and O–H groups in total. The van der Waals surface area contributed by atoms with E-state index in [0.29, 0.717) is 5.56 Å². The van der Waals surface area contributed by atoms with Gasteiger partial charge in [-0.15, -0.1) is 0 Å². The molecule has 3 nitrogen and oxygen atoms in total. The third kappa shape index (κ3) is 4.37. The van der Waals surface area contributed by atoms with E-state index in [-0.39, 0.29) is 5.91 Å². The molecule has 0 saturated carbocycles. The molecular weight excluding hydrogens is 316 g/mol. The van der Waals surface area contributed by atoms with Crippen molar-refractivity contribution in [3.05, 3.63) is 46.1 Å². The molecule has 0 radical (unpaired) electrons. The summed E-state index contributed by atoms with van der Waals surface area (Å²) >= 11 is 3.36. The first-order valence-corrected chi connectivity index (χ1v) is 7.99. The summed E-state index contributed by atoms with van der Waals surface area (Å²) in [5, 5.41) is 0. The van der Waals surface area contributed by atoms with E-state index in [2.05, 4.69) is 39.8 Å². The summed E-state index contributed by atoms with van der Waals surface area (Å²) in [6.45, 7) is 2.23. The van der Waals surface area contributed by atoms with E-state index in [0.717, 1.165) is 28.9 Å². The standard InChI is InChI=1S/C16H21BrN2O/c1-2-3-12-4-10-15(11-5-12)18-19-16(20)13-6-8-14(17)9-7-13/h6-10,12,18H,2-5,11H2,1H3,(H,19,20)/t12-/m0/s1. The molecule has 20 heavy (non-hydrogen) atoms. The average Bonchev–Trinajstić information content (AvgIpc) is 2.47. The second-order valence-corrected chi connectivity index (χ2v) is 6.16. The van der Waals surface area contributed by atoms with Crippen LogP contribution in [0.2, 0.25) is 0 Å². The zero-order chi connectivity index (χ0) is 14.4. The van der Waals surface area contributed by atoms with Crippen LogP contribution in [-0.2, 0) is 0 Å². The number of carbonyl (C=O) groups is 1. The fourth-order valence-corrected chi connectivity index (χ4v) is 2.75. The van der Waals surface area contributed by atoms with Crippen molar-refractivity contribution in [1.82, 2.24) is 10.9 Å². The Morgan fingerprint density at radius 1 is 1.35 bits per heavy atom. The van der Waals surface area contributed by atoms with Crippen LogP contribution in [0.15, 0.2) is 40.5 Å². The van der Waals surface area contributed by atoms with Crippen LogP contribution in [0, 0.1) is 5.92 Å². The molecule has 1 aromatic rings. The molecule has 1 atom stereocenters. The van der Waals surface area contributed by atoms with Crippen molar-refractivity contribution in [2.45, 2.75) is 39.0 Å². The molecule has 1 aliphatic carbocycles. The van der Waals surface area contributed by atoms with Crippen molar-refractivity contribution >= 4 is 21.8 Å². The molecule has 0 aromatic heterocycles. The number of nitrogens with one attached hydrogen (secondary N) is 2. The fourth-order valence-electron chi connectivity index (χ4n) is 2.48. The third-order valence-electron chi connectivity index (χ3n) is 3.66. The number of hydrogen-bond donors (Lipinski definition) is 2. The van der Waals surface area contributed by atoms with Gasteiger partial charge in [0.15, 0.2) is 0 Å². The number of benzene rings is 1. The minimum atomic E-state index is -0.103. The molecule has 0 aliphatic heterocycles. The largest absolute Gasteiger partial charge is 0.303 e. The Bertz CT molecular complexity index is 482. The molecule has 1 amide bonds. The predicted octanol–water partition coefficient (Wildman–Crippen LogP) is 4.17. The smallest absolute Gasteiger partial charge is 0.269 e. The van der Waals surface area contributed by atoms with Crippen LogP contribution in [0.3, 0.4) is 0 Å². The van der Waals surface area contributed by atoms with Crippen LogP contribution < -0.4 is 10.9 Å². The van der Waals surface area contributed by atoms with Crippen molar-refractivity contribution in [3.8, 4) is 0 Å². The van der Waals surface area contributed by atoms with Crippen LogP contribution in [0.1, 0.15) is 49.4 Å². The van der Waals surface area contributed by atoms with E-state index in [9.17, 15) is 4.79 Å². The third-order valence-corrected chi connectivity index (χ3v) is 4.19. The summed E-state index contributed by atoms with van der Waals surface area (Å²) in [5.74, 6) is 0.710. The first-order chi connectivity index (χ1) is 9.69. The monoisotopic (exact) mass is 336 g/mol. The zero-order valence-corrected chi connectivity index (χ0v) is 13.4. The highest BCUT2D eigenvalue weighted by Gasteiger charge is 2.14. The molecule has 0 fully saturated rings. The van der Waals surface area contributed by atoms with Crippen LogP contribution in [0.5, 0.6) is 0 Å². The topological polar surface area (TPSA) is 41.1 Å². The van der Waals surface area contributed by atoms with Crippen LogP contribution in [-0.4, -0.2) is 5.91 Å². The van der Waals surface area contributed by atoms with Crippen molar-refractivity contribution < 1.29 is 4.79 Å². The van der Waals surface area contributed by atoms with E-state index in [1.807, 2.05) is 12.1 Å². The summed E-state index contributed by atoms with van der Waals surface area (Å²) in [6, 6.07) is 7.33. The molecule has 0 heterocycles. The zero-order valence-electron chi connectivity index (χ0n) is 11.8. The molecule has 1 aliphatic rings. The van der Waals surface area contributed by atoms with E-state index in [4.69, 9.17) is 0 Å². The molecule has 1 aromatic carbocycles. The van der Waals surface area contributed by atoms with Gasteiger partial charge in [-0.3, -0.25) is 10.2 Å². The Balaban J connectivity index is 1.81. The van der Waals surface area contributed by atoms with Gasteiger partial charge in [0, 0.05) is 15.7 Å². The highest BCUT2D eigenvalue weighted by atomic mass is 79.9. The van der Waals surface area contributed by atoms with Crippen molar-refractivity contribution in [1.29, 1.82) is 0 Å². The summed E-state index contributed by atoms with van der Waals surface area (Å²) < 4.78 is 0.971. The Morgan fingerprint density at radius 3 is 2.70 bits per heavy atom. The van der Waals surface area contributed by atoms with Gasteiger partial charge in [-0.05, 0) is 49.4 Å². The maximum absolute atomic E-state index is 11.9. The van der Waals surface area contributed by atoms with Gasteiger partial charge < -0.3 is 5.43 Å². The average molecular weight is 337 g/mol. The molecule has 4 heteroatoms. The first kappa shape index (κ1) is 15.1. The normalized spacial score (nSPS) is 18.3. The van der Waals surface area contributed by atoms with Gasteiger partial charge in [0.2, 0.25) is 0 Å². The van der Waals surface area contributed by atoms with Gasteiger partial charge in [0.1, 0.15) is 0 Å². The number of carbonyl (C=O) groups excluding carboxylic acids is 1. The molecule has 0 bridgehead atoms. The van der Waals surface area contributed by atoms with Crippen molar-refractivity contribution in [3.63, 3.8) is 0 Å². The predicted molar refractivity (Wildman–Crippen MR) is 85.1 cm³/mol. The highest BCUT2D eigenvalue weighted by Crippen LogP contribution is 2.25. The van der Waals surface area contributed by atoms with Gasteiger partial charge >= 0.3 is 0 Å². The fraction of sp³-hybridized carbons (Fsp3) is 0.438.